The van der Waals surface area contributed by atoms with Crippen LogP contribution in [-0.2, 0) is 17.6 Å². The number of thiophene rings is 1. The number of carbonyl (C=O) groups excluding carboxylic acids is 1. The zero-order chi connectivity index (χ0) is 15.4. The molecule has 1 heterocycles. The van der Waals surface area contributed by atoms with E-state index in [1.165, 1.54) is 46.9 Å². The molecule has 3 heteroatoms. The minimum absolute atomic E-state index is 0.259. The number of carbonyl (C=O) groups is 1. The molecule has 1 fully saturated rings. The van der Waals surface area contributed by atoms with Gasteiger partial charge in [0, 0.05) is 17.2 Å². The second kappa shape index (κ2) is 7.28. The van der Waals surface area contributed by atoms with Crippen molar-refractivity contribution < 1.29 is 4.79 Å². The van der Waals surface area contributed by atoms with Gasteiger partial charge in [-0.1, -0.05) is 31.9 Å². The number of hydrogen-bond acceptors (Lipinski definition) is 2. The lowest BCUT2D eigenvalue weighted by Crippen LogP contribution is -2.35. The summed E-state index contributed by atoms with van der Waals surface area (Å²) >= 11 is 1.81. The summed E-state index contributed by atoms with van der Waals surface area (Å²) < 4.78 is 1.36. The lowest BCUT2D eigenvalue weighted by molar-refractivity contribution is -0.127. The van der Waals surface area contributed by atoms with Gasteiger partial charge in [0.05, 0.1) is 0 Å². The van der Waals surface area contributed by atoms with Crippen molar-refractivity contribution in [1.29, 1.82) is 0 Å². The summed E-state index contributed by atoms with van der Waals surface area (Å²) in [6.45, 7) is 3.00. The number of hydrogen-bond donors (Lipinski definition) is 1. The molecule has 0 radical (unpaired) electrons. The van der Waals surface area contributed by atoms with Gasteiger partial charge in [-0.3, -0.25) is 4.79 Å². The van der Waals surface area contributed by atoms with Gasteiger partial charge in [0.2, 0.25) is 5.91 Å². The zero-order valence-corrected chi connectivity index (χ0v) is 14.2. The van der Waals surface area contributed by atoms with Gasteiger partial charge in [-0.25, -0.2) is 0 Å². The summed E-state index contributed by atoms with van der Waals surface area (Å²) in [5.41, 5.74) is 2.82. The smallest absolute Gasteiger partial charge is 0.223 e. The number of nitrogens with one attached hydrogen (secondary N) is 1. The molecule has 2 aromatic rings. The maximum Gasteiger partial charge on any atom is 0.223 e. The average molecular weight is 315 g/mol. The van der Waals surface area contributed by atoms with Gasteiger partial charge in [0.25, 0.3) is 0 Å². The van der Waals surface area contributed by atoms with Gasteiger partial charge in [-0.15, -0.1) is 11.3 Å². The fraction of sp³-hybridized carbons (Fsp3) is 0.526. The topological polar surface area (TPSA) is 29.1 Å². The van der Waals surface area contributed by atoms with E-state index in [0.29, 0.717) is 5.92 Å². The maximum absolute atomic E-state index is 11.9. The Morgan fingerprint density at radius 3 is 2.91 bits per heavy atom. The SMILES string of the molecule is CCCCc1ccc2scc(CCNC(=O)C3CCC3)c2c1. The van der Waals surface area contributed by atoms with E-state index in [0.717, 1.165) is 25.8 Å². The van der Waals surface area contributed by atoms with E-state index in [-0.39, 0.29) is 5.91 Å². The van der Waals surface area contributed by atoms with Crippen LogP contribution in [0.2, 0.25) is 0 Å². The van der Waals surface area contributed by atoms with Gasteiger partial charge in [0.1, 0.15) is 0 Å². The molecule has 0 atom stereocenters. The third-order valence-electron chi connectivity index (χ3n) is 4.71. The molecule has 1 aromatic carbocycles. The molecule has 3 rings (SSSR count). The molecule has 1 aliphatic carbocycles. The van der Waals surface area contributed by atoms with Crippen molar-refractivity contribution in [2.75, 3.05) is 6.54 Å². The van der Waals surface area contributed by atoms with Gasteiger partial charge in [-0.2, -0.15) is 0 Å². The highest BCUT2D eigenvalue weighted by molar-refractivity contribution is 7.17. The third kappa shape index (κ3) is 3.52. The lowest BCUT2D eigenvalue weighted by Gasteiger charge is -2.23. The number of fused-ring (bicyclic) bond motifs is 1. The lowest BCUT2D eigenvalue weighted by atomic mass is 9.85. The van der Waals surface area contributed by atoms with E-state index in [2.05, 4.69) is 35.8 Å². The largest absolute Gasteiger partial charge is 0.356 e. The summed E-state index contributed by atoms with van der Waals surface area (Å²) in [6.07, 6.45) is 7.97. The first-order valence-corrected chi connectivity index (χ1v) is 9.42. The average Bonchev–Trinajstić information content (AvgIpc) is 2.86. The van der Waals surface area contributed by atoms with Crippen molar-refractivity contribution in [3.63, 3.8) is 0 Å². The Kier molecular flexibility index (Phi) is 5.14. The minimum Gasteiger partial charge on any atom is -0.356 e. The molecule has 0 aliphatic heterocycles. The van der Waals surface area contributed by atoms with Crippen molar-refractivity contribution in [2.24, 2.45) is 5.92 Å². The third-order valence-corrected chi connectivity index (χ3v) is 5.72. The first-order valence-electron chi connectivity index (χ1n) is 8.54. The van der Waals surface area contributed by atoms with E-state index < -0.39 is 0 Å². The van der Waals surface area contributed by atoms with Gasteiger partial charge < -0.3 is 5.32 Å². The highest BCUT2D eigenvalue weighted by atomic mass is 32.1. The molecule has 1 aliphatic rings. The first kappa shape index (κ1) is 15.5. The summed E-state index contributed by atoms with van der Waals surface area (Å²) in [7, 11) is 0. The quantitative estimate of drug-likeness (QED) is 0.788. The second-order valence-corrected chi connectivity index (χ2v) is 7.28. The number of amides is 1. The van der Waals surface area contributed by atoms with E-state index in [1.54, 1.807) is 0 Å². The number of unbranched alkanes of at least 4 members (excludes halogenated alkanes) is 1. The molecule has 1 saturated carbocycles. The Labute approximate surface area is 136 Å². The van der Waals surface area contributed by atoms with Crippen molar-refractivity contribution in [1.82, 2.24) is 5.32 Å². The van der Waals surface area contributed by atoms with Crippen molar-refractivity contribution in [2.45, 2.75) is 51.9 Å². The maximum atomic E-state index is 11.9. The Hall–Kier alpha value is -1.35. The predicted octanol–water partition coefficient (Wildman–Crippen LogP) is 4.70. The van der Waals surface area contributed by atoms with Crippen LogP contribution in [0.4, 0.5) is 0 Å². The molecule has 1 aromatic heterocycles. The van der Waals surface area contributed by atoms with E-state index >= 15 is 0 Å². The van der Waals surface area contributed by atoms with E-state index in [1.807, 2.05) is 11.3 Å². The molecule has 0 saturated heterocycles. The molecule has 0 bridgehead atoms. The second-order valence-electron chi connectivity index (χ2n) is 6.36. The number of aryl methyl sites for hydroxylation is 1. The molecular weight excluding hydrogens is 290 g/mol. The van der Waals surface area contributed by atoms with Crippen LogP contribution in [0.3, 0.4) is 0 Å². The first-order chi connectivity index (χ1) is 10.8. The van der Waals surface area contributed by atoms with Crippen LogP contribution in [0.1, 0.15) is 50.2 Å². The van der Waals surface area contributed by atoms with Crippen molar-refractivity contribution in [3.05, 3.63) is 34.7 Å². The van der Waals surface area contributed by atoms with Crippen LogP contribution < -0.4 is 5.32 Å². The van der Waals surface area contributed by atoms with Crippen LogP contribution in [0.25, 0.3) is 10.1 Å². The Morgan fingerprint density at radius 2 is 2.18 bits per heavy atom. The van der Waals surface area contributed by atoms with Crippen LogP contribution in [0.5, 0.6) is 0 Å². The van der Waals surface area contributed by atoms with Gasteiger partial charge in [-0.05, 0) is 60.1 Å². The minimum atomic E-state index is 0.259. The van der Waals surface area contributed by atoms with Crippen LogP contribution in [0, 0.1) is 5.92 Å². The Morgan fingerprint density at radius 1 is 1.32 bits per heavy atom. The van der Waals surface area contributed by atoms with Crippen LogP contribution in [-0.4, -0.2) is 12.5 Å². The highest BCUT2D eigenvalue weighted by Crippen LogP contribution is 2.28. The van der Waals surface area contributed by atoms with E-state index in [9.17, 15) is 4.79 Å². The van der Waals surface area contributed by atoms with E-state index in [4.69, 9.17) is 0 Å². The Balaban J connectivity index is 1.61. The van der Waals surface area contributed by atoms with Gasteiger partial charge in [0.15, 0.2) is 0 Å². The molecule has 1 amide bonds. The van der Waals surface area contributed by atoms with Crippen LogP contribution in [0.15, 0.2) is 23.6 Å². The standard InChI is InChI=1S/C19H25NOS/c1-2-3-5-14-8-9-18-17(12-14)16(13-22-18)10-11-20-19(21)15-6-4-7-15/h8-9,12-13,15H,2-7,10-11H2,1H3,(H,20,21). The zero-order valence-electron chi connectivity index (χ0n) is 13.4. The van der Waals surface area contributed by atoms with Crippen molar-refractivity contribution in [3.8, 4) is 0 Å². The molecule has 0 unspecified atom stereocenters. The molecule has 0 spiro atoms. The van der Waals surface area contributed by atoms with Gasteiger partial charge >= 0.3 is 0 Å². The molecule has 22 heavy (non-hydrogen) atoms. The van der Waals surface area contributed by atoms with Crippen LogP contribution >= 0.6 is 11.3 Å². The number of benzene rings is 1. The highest BCUT2D eigenvalue weighted by Gasteiger charge is 2.24. The normalized spacial score (nSPS) is 15.0. The molecule has 2 nitrogen and oxygen atoms in total. The molecular formula is C19H25NOS. The van der Waals surface area contributed by atoms with Crippen molar-refractivity contribution >= 4 is 27.3 Å². The number of rotatable bonds is 7. The summed E-state index contributed by atoms with van der Waals surface area (Å²) in [5.74, 6) is 0.550. The molecule has 1 N–H and O–H groups in total. The molecule has 118 valence electrons. The monoisotopic (exact) mass is 315 g/mol. The fourth-order valence-electron chi connectivity index (χ4n) is 2.99. The predicted molar refractivity (Wildman–Crippen MR) is 94.5 cm³/mol. The summed E-state index contributed by atoms with van der Waals surface area (Å²) in [5, 5.41) is 6.74. The Bertz CT molecular complexity index is 642. The summed E-state index contributed by atoms with van der Waals surface area (Å²) in [6, 6.07) is 6.86. The fourth-order valence-corrected chi connectivity index (χ4v) is 3.97. The summed E-state index contributed by atoms with van der Waals surface area (Å²) in [4.78, 5) is 11.9.